The Morgan fingerprint density at radius 1 is 1.15 bits per heavy atom. The summed E-state index contributed by atoms with van der Waals surface area (Å²) in [6, 6.07) is 6.04. The first kappa shape index (κ1) is 14.6. The maximum Gasteiger partial charge on any atom is 0.419 e. The Bertz CT molecular complexity index is 614. The molecule has 7 heteroatoms. The second kappa shape index (κ2) is 5.66. The van der Waals surface area contributed by atoms with Crippen molar-refractivity contribution < 1.29 is 17.6 Å². The average molecular weight is 305 g/mol. The summed E-state index contributed by atoms with van der Waals surface area (Å²) in [5.74, 6) is -1.28. The number of anilines is 1. The Balaban J connectivity index is 2.14. The zero-order valence-electron chi connectivity index (χ0n) is 10.0. The first-order valence-electron chi connectivity index (χ1n) is 5.57. The molecule has 0 atom stereocenters. The van der Waals surface area contributed by atoms with E-state index in [1.807, 2.05) is 0 Å². The highest BCUT2D eigenvalue weighted by atomic mass is 35.5. The van der Waals surface area contributed by atoms with Crippen LogP contribution in [0.25, 0.3) is 0 Å². The number of hydrogen-bond acceptors (Lipinski definition) is 2. The molecule has 0 aliphatic rings. The van der Waals surface area contributed by atoms with Gasteiger partial charge in [0.15, 0.2) is 0 Å². The number of aromatic nitrogens is 1. The maximum atomic E-state index is 13.1. The minimum Gasteiger partial charge on any atom is -0.381 e. The van der Waals surface area contributed by atoms with Crippen molar-refractivity contribution in [2.24, 2.45) is 0 Å². The van der Waals surface area contributed by atoms with Crippen molar-refractivity contribution in [1.82, 2.24) is 4.98 Å². The molecule has 1 aromatic heterocycles. The average Bonchev–Trinajstić information content (AvgIpc) is 2.36. The van der Waals surface area contributed by atoms with Gasteiger partial charge < -0.3 is 5.32 Å². The highest BCUT2D eigenvalue weighted by Gasteiger charge is 2.34. The number of halogens is 5. The van der Waals surface area contributed by atoms with Crippen LogP contribution < -0.4 is 5.32 Å². The lowest BCUT2D eigenvalue weighted by Gasteiger charge is -2.11. The van der Waals surface area contributed by atoms with E-state index >= 15 is 0 Å². The van der Waals surface area contributed by atoms with Crippen molar-refractivity contribution in [2.75, 3.05) is 5.32 Å². The molecule has 0 bridgehead atoms. The van der Waals surface area contributed by atoms with Gasteiger partial charge in [-0.2, -0.15) is 13.2 Å². The highest BCUT2D eigenvalue weighted by Crippen LogP contribution is 2.32. The summed E-state index contributed by atoms with van der Waals surface area (Å²) in [5.41, 5.74) is -0.348. The van der Waals surface area contributed by atoms with E-state index in [1.54, 1.807) is 6.07 Å². The van der Waals surface area contributed by atoms with Crippen molar-refractivity contribution in [3.8, 4) is 0 Å². The van der Waals surface area contributed by atoms with Crippen LogP contribution in [0.4, 0.5) is 23.2 Å². The van der Waals surface area contributed by atoms with Gasteiger partial charge in [0.05, 0.1) is 5.56 Å². The van der Waals surface area contributed by atoms with Crippen LogP contribution in [0.1, 0.15) is 11.1 Å². The van der Waals surface area contributed by atoms with Crippen molar-refractivity contribution >= 4 is 17.3 Å². The maximum absolute atomic E-state index is 13.1. The van der Waals surface area contributed by atoms with E-state index in [0.29, 0.717) is 11.3 Å². The minimum absolute atomic E-state index is 0.115. The van der Waals surface area contributed by atoms with Gasteiger partial charge in [0.1, 0.15) is 11.0 Å². The molecule has 0 fully saturated rings. The van der Waals surface area contributed by atoms with Crippen LogP contribution >= 0.6 is 11.6 Å². The monoisotopic (exact) mass is 304 g/mol. The number of benzene rings is 1. The third kappa shape index (κ3) is 3.60. The first-order chi connectivity index (χ1) is 9.36. The minimum atomic E-state index is -4.71. The zero-order valence-corrected chi connectivity index (χ0v) is 10.8. The molecular formula is C13H9ClF4N2. The summed E-state index contributed by atoms with van der Waals surface area (Å²) < 4.78 is 50.8. The Hall–Kier alpha value is -1.82. The highest BCUT2D eigenvalue weighted by molar-refractivity contribution is 6.29. The molecule has 2 rings (SSSR count). The second-order valence-electron chi connectivity index (χ2n) is 4.03. The normalized spacial score (nSPS) is 11.4. The molecular weight excluding hydrogens is 296 g/mol. The molecule has 0 aliphatic heterocycles. The van der Waals surface area contributed by atoms with Gasteiger partial charge in [0.25, 0.3) is 0 Å². The molecule has 1 heterocycles. The number of nitrogens with one attached hydrogen (secondary N) is 1. The van der Waals surface area contributed by atoms with Gasteiger partial charge in [-0.25, -0.2) is 9.37 Å². The topological polar surface area (TPSA) is 24.9 Å². The van der Waals surface area contributed by atoms with E-state index in [4.69, 9.17) is 11.6 Å². The summed E-state index contributed by atoms with van der Waals surface area (Å²) in [4.78, 5) is 3.78. The lowest BCUT2D eigenvalue weighted by Crippen LogP contribution is -2.10. The van der Waals surface area contributed by atoms with Gasteiger partial charge in [0.2, 0.25) is 0 Å². The fourth-order valence-corrected chi connectivity index (χ4v) is 1.79. The first-order valence-corrected chi connectivity index (χ1v) is 5.95. The van der Waals surface area contributed by atoms with Crippen LogP contribution in [-0.2, 0) is 12.7 Å². The zero-order chi connectivity index (χ0) is 14.8. The fourth-order valence-electron chi connectivity index (χ4n) is 1.62. The van der Waals surface area contributed by atoms with Crippen molar-refractivity contribution in [3.05, 3.63) is 58.6 Å². The van der Waals surface area contributed by atoms with Crippen LogP contribution in [0.5, 0.6) is 0 Å². The summed E-state index contributed by atoms with van der Waals surface area (Å²) in [7, 11) is 0. The van der Waals surface area contributed by atoms with Gasteiger partial charge >= 0.3 is 6.18 Å². The number of nitrogens with zero attached hydrogens (tertiary/aromatic N) is 1. The Morgan fingerprint density at radius 3 is 2.55 bits per heavy atom. The number of hydrogen-bond donors (Lipinski definition) is 1. The fraction of sp³-hybridized carbons (Fsp3) is 0.154. The summed E-state index contributed by atoms with van der Waals surface area (Å²) >= 11 is 5.68. The summed E-state index contributed by atoms with van der Waals surface area (Å²) in [6.45, 7) is 0.115. The van der Waals surface area contributed by atoms with Crippen LogP contribution in [0.3, 0.4) is 0 Å². The molecule has 2 aromatic rings. The molecule has 0 aliphatic carbocycles. The summed E-state index contributed by atoms with van der Waals surface area (Å²) in [6.07, 6.45) is -3.24. The SMILES string of the molecule is Fc1ccc(CNc2ccnc(Cl)c2)cc1C(F)(F)F. The van der Waals surface area contributed by atoms with Crippen LogP contribution in [-0.4, -0.2) is 4.98 Å². The largest absolute Gasteiger partial charge is 0.419 e. The predicted octanol–water partition coefficient (Wildman–Crippen LogP) is 4.51. The standard InChI is InChI=1S/C13H9ClF4N2/c14-12-6-9(3-4-19-12)20-7-8-1-2-11(15)10(5-8)13(16,17)18/h1-6H,7H2,(H,19,20). The molecule has 1 N–H and O–H groups in total. The van der Waals surface area contributed by atoms with Gasteiger partial charge in [0, 0.05) is 18.4 Å². The van der Waals surface area contributed by atoms with Gasteiger partial charge in [-0.3, -0.25) is 0 Å². The van der Waals surface area contributed by atoms with E-state index in [9.17, 15) is 17.6 Å². The lowest BCUT2D eigenvalue weighted by atomic mass is 10.1. The van der Waals surface area contributed by atoms with Gasteiger partial charge in [-0.05, 0) is 29.8 Å². The Kier molecular flexibility index (Phi) is 4.13. The second-order valence-corrected chi connectivity index (χ2v) is 4.42. The number of pyridine rings is 1. The van der Waals surface area contributed by atoms with Crippen LogP contribution in [0.15, 0.2) is 36.5 Å². The van der Waals surface area contributed by atoms with Gasteiger partial charge in [-0.1, -0.05) is 17.7 Å². The lowest BCUT2D eigenvalue weighted by molar-refractivity contribution is -0.140. The third-order valence-corrected chi connectivity index (χ3v) is 2.77. The molecule has 0 amide bonds. The van der Waals surface area contributed by atoms with E-state index in [0.717, 1.165) is 12.1 Å². The predicted molar refractivity (Wildman–Crippen MR) is 68.0 cm³/mol. The van der Waals surface area contributed by atoms with Crippen molar-refractivity contribution in [2.45, 2.75) is 12.7 Å². The molecule has 0 spiro atoms. The van der Waals surface area contributed by atoms with E-state index in [-0.39, 0.29) is 11.7 Å². The van der Waals surface area contributed by atoms with E-state index < -0.39 is 17.6 Å². The number of rotatable bonds is 3. The molecule has 0 saturated carbocycles. The smallest absolute Gasteiger partial charge is 0.381 e. The summed E-state index contributed by atoms with van der Waals surface area (Å²) in [5, 5.41) is 3.15. The van der Waals surface area contributed by atoms with Crippen molar-refractivity contribution in [3.63, 3.8) is 0 Å². The quantitative estimate of drug-likeness (QED) is 0.667. The van der Waals surface area contributed by atoms with E-state index in [1.165, 1.54) is 18.3 Å². The third-order valence-electron chi connectivity index (χ3n) is 2.56. The Labute approximate surface area is 117 Å². The van der Waals surface area contributed by atoms with E-state index in [2.05, 4.69) is 10.3 Å². The molecule has 106 valence electrons. The molecule has 0 unspecified atom stereocenters. The molecule has 20 heavy (non-hydrogen) atoms. The molecule has 0 radical (unpaired) electrons. The van der Waals surface area contributed by atoms with Gasteiger partial charge in [-0.15, -0.1) is 0 Å². The van der Waals surface area contributed by atoms with Crippen LogP contribution in [0.2, 0.25) is 5.15 Å². The van der Waals surface area contributed by atoms with Crippen molar-refractivity contribution in [1.29, 1.82) is 0 Å². The molecule has 0 saturated heterocycles. The van der Waals surface area contributed by atoms with Crippen LogP contribution in [0, 0.1) is 5.82 Å². The Morgan fingerprint density at radius 2 is 1.90 bits per heavy atom. The number of alkyl halides is 3. The molecule has 1 aromatic carbocycles. The molecule has 2 nitrogen and oxygen atoms in total.